The molecule has 2 aliphatic rings. The Kier molecular flexibility index (Phi) is 7.32. The zero-order valence-electron chi connectivity index (χ0n) is 20.6. The van der Waals surface area contributed by atoms with Crippen LogP contribution in [0.5, 0.6) is 11.5 Å². The number of aromatic nitrogens is 4. The molecule has 1 unspecified atom stereocenters. The third-order valence-electron chi connectivity index (χ3n) is 6.28. The van der Waals surface area contributed by atoms with Crippen molar-refractivity contribution in [1.29, 1.82) is 0 Å². The Labute approximate surface area is 219 Å². The van der Waals surface area contributed by atoms with Gasteiger partial charge in [0.05, 0.1) is 29.7 Å². The number of benzene rings is 2. The maximum absolute atomic E-state index is 9.86. The summed E-state index contributed by atoms with van der Waals surface area (Å²) in [6.07, 6.45) is 4.79. The summed E-state index contributed by atoms with van der Waals surface area (Å²) in [7, 11) is 0. The van der Waals surface area contributed by atoms with Gasteiger partial charge in [0.1, 0.15) is 17.3 Å². The average Bonchev–Trinajstić information content (AvgIpc) is 3.66. The van der Waals surface area contributed by atoms with Gasteiger partial charge in [-0.3, -0.25) is 0 Å². The van der Waals surface area contributed by atoms with E-state index in [1.54, 1.807) is 42.5 Å². The van der Waals surface area contributed by atoms with Crippen LogP contribution in [0, 0.1) is 0 Å². The van der Waals surface area contributed by atoms with E-state index in [-0.39, 0.29) is 17.6 Å². The number of hydrogen-bond donors (Lipinski definition) is 4. The number of anilines is 2. The molecule has 0 spiro atoms. The van der Waals surface area contributed by atoms with Crippen molar-refractivity contribution in [3.63, 3.8) is 0 Å². The Morgan fingerprint density at radius 3 is 1.95 bits per heavy atom. The molecule has 6 rings (SSSR count). The minimum absolute atomic E-state index is 0.0138. The fourth-order valence-corrected chi connectivity index (χ4v) is 4.34. The number of nitrogen functional groups attached to an aromatic ring is 2. The van der Waals surface area contributed by atoms with E-state index in [0.717, 1.165) is 37.2 Å². The molecule has 10 nitrogen and oxygen atoms in total. The van der Waals surface area contributed by atoms with Crippen LogP contribution in [0.1, 0.15) is 36.5 Å². The molecule has 1 saturated heterocycles. The smallest absolute Gasteiger partial charge is 0.157 e. The second-order valence-corrected chi connectivity index (χ2v) is 8.84. The van der Waals surface area contributed by atoms with Gasteiger partial charge in [-0.15, -0.1) is 20.4 Å². The summed E-state index contributed by atoms with van der Waals surface area (Å²) < 4.78 is 11.1. The molecule has 1 atom stereocenters. The predicted octanol–water partition coefficient (Wildman–Crippen LogP) is 4.48. The van der Waals surface area contributed by atoms with Gasteiger partial charge in [0, 0.05) is 29.7 Å². The van der Waals surface area contributed by atoms with Gasteiger partial charge < -0.3 is 31.2 Å². The average molecular weight is 513 g/mol. The van der Waals surface area contributed by atoms with Crippen molar-refractivity contribution in [3.8, 4) is 34.0 Å². The third-order valence-corrected chi connectivity index (χ3v) is 6.28. The van der Waals surface area contributed by atoms with E-state index < -0.39 is 0 Å². The minimum Gasteiger partial charge on any atom is -0.507 e. The molecular formula is C28H28N6O4. The maximum Gasteiger partial charge on any atom is 0.157 e. The number of phenols is 2. The quantitative estimate of drug-likeness (QED) is 0.307. The zero-order chi connectivity index (χ0) is 26.5. The molecule has 1 fully saturated rings. The van der Waals surface area contributed by atoms with Gasteiger partial charge in [0.25, 0.3) is 0 Å². The van der Waals surface area contributed by atoms with Crippen molar-refractivity contribution in [3.05, 3.63) is 77.9 Å². The molecule has 194 valence electrons. The summed E-state index contributed by atoms with van der Waals surface area (Å²) in [6.45, 7) is 1.40. The van der Waals surface area contributed by atoms with Gasteiger partial charge in [-0.05, 0) is 55.3 Å². The number of aromatic hydroxyl groups is 2. The molecule has 2 aliphatic heterocycles. The highest BCUT2D eigenvalue weighted by Gasteiger charge is 2.22. The van der Waals surface area contributed by atoms with Crippen LogP contribution < -0.4 is 11.5 Å². The van der Waals surface area contributed by atoms with Crippen molar-refractivity contribution in [2.45, 2.75) is 25.4 Å². The predicted molar refractivity (Wildman–Crippen MR) is 144 cm³/mol. The lowest BCUT2D eigenvalue weighted by atomic mass is 10.0. The van der Waals surface area contributed by atoms with E-state index in [1.165, 1.54) is 0 Å². The lowest BCUT2D eigenvalue weighted by Crippen LogP contribution is -2.05. The van der Waals surface area contributed by atoms with Gasteiger partial charge in [0.2, 0.25) is 0 Å². The molecule has 6 N–H and O–H groups in total. The van der Waals surface area contributed by atoms with E-state index in [1.807, 2.05) is 24.3 Å². The van der Waals surface area contributed by atoms with Crippen LogP contribution in [0.25, 0.3) is 28.3 Å². The highest BCUT2D eigenvalue weighted by molar-refractivity contribution is 5.75. The molecule has 0 aliphatic carbocycles. The van der Waals surface area contributed by atoms with E-state index in [0.29, 0.717) is 46.3 Å². The molecule has 10 heteroatoms. The Balaban J connectivity index is 0.000000155. The summed E-state index contributed by atoms with van der Waals surface area (Å²) in [5, 5.41) is 35.7. The number of rotatable bonds is 4. The molecule has 0 amide bonds. The van der Waals surface area contributed by atoms with Gasteiger partial charge in [0.15, 0.2) is 11.6 Å². The minimum atomic E-state index is -0.0138. The first kappa shape index (κ1) is 25.0. The number of nitrogens with zero attached hydrogens (tertiary/aromatic N) is 4. The summed E-state index contributed by atoms with van der Waals surface area (Å²) >= 11 is 0. The maximum atomic E-state index is 9.86. The van der Waals surface area contributed by atoms with E-state index >= 15 is 0 Å². The van der Waals surface area contributed by atoms with Crippen LogP contribution in [-0.4, -0.2) is 43.8 Å². The first-order valence-corrected chi connectivity index (χ1v) is 12.3. The van der Waals surface area contributed by atoms with Crippen molar-refractivity contribution in [2.75, 3.05) is 24.7 Å². The summed E-state index contributed by atoms with van der Waals surface area (Å²) in [6, 6.07) is 17.7. The van der Waals surface area contributed by atoms with E-state index in [4.69, 9.17) is 20.9 Å². The number of phenolic OH excluding ortho intramolecular Hbond substituents is 2. The second-order valence-electron chi connectivity index (χ2n) is 8.84. The SMILES string of the molecule is Nc1nnc(-c2ccccc2O)cc1C1=CCCO1.Nc1nnc(-c2ccccc2O)cc1C1CCCO1. The molecule has 2 aromatic carbocycles. The molecule has 0 bridgehead atoms. The number of para-hydroxylation sites is 2. The number of nitrogens with two attached hydrogens (primary N) is 2. The first-order chi connectivity index (χ1) is 18.5. The normalized spacial score (nSPS) is 16.3. The Bertz CT molecular complexity index is 1470. The fraction of sp³-hybridized carbons (Fsp3) is 0.214. The molecule has 4 heterocycles. The molecule has 0 radical (unpaired) electrons. The monoisotopic (exact) mass is 512 g/mol. The number of hydrogen-bond acceptors (Lipinski definition) is 10. The zero-order valence-corrected chi connectivity index (χ0v) is 20.6. The fourth-order valence-electron chi connectivity index (χ4n) is 4.34. The van der Waals surface area contributed by atoms with E-state index in [9.17, 15) is 10.2 Å². The number of ether oxygens (including phenoxy) is 2. The summed E-state index contributed by atoms with van der Waals surface area (Å²) in [5.74, 6) is 1.79. The van der Waals surface area contributed by atoms with Crippen molar-refractivity contribution < 1.29 is 19.7 Å². The molecule has 38 heavy (non-hydrogen) atoms. The van der Waals surface area contributed by atoms with Gasteiger partial charge in [-0.25, -0.2) is 0 Å². The van der Waals surface area contributed by atoms with Crippen LogP contribution >= 0.6 is 0 Å². The first-order valence-electron chi connectivity index (χ1n) is 12.3. The van der Waals surface area contributed by atoms with Crippen LogP contribution in [-0.2, 0) is 9.47 Å². The standard InChI is InChI=1S/C14H15N3O2.C14H13N3O2/c2*15-14-10(13-6-3-7-19-13)8-11(16-17-14)9-4-1-2-5-12(9)18/h1-2,4-5,8,13,18H,3,6-7H2,(H2,15,17);1-2,4-6,8,18H,3,7H2,(H2,15,17). The van der Waals surface area contributed by atoms with Crippen LogP contribution in [0.4, 0.5) is 11.6 Å². The summed E-state index contributed by atoms with van der Waals surface area (Å²) in [4.78, 5) is 0. The van der Waals surface area contributed by atoms with Gasteiger partial charge >= 0.3 is 0 Å². The van der Waals surface area contributed by atoms with Crippen LogP contribution in [0.2, 0.25) is 0 Å². The lowest BCUT2D eigenvalue weighted by Gasteiger charge is -2.13. The van der Waals surface area contributed by atoms with E-state index in [2.05, 4.69) is 20.4 Å². The highest BCUT2D eigenvalue weighted by atomic mass is 16.5. The van der Waals surface area contributed by atoms with Crippen molar-refractivity contribution in [2.24, 2.45) is 0 Å². The Morgan fingerprint density at radius 2 is 1.37 bits per heavy atom. The van der Waals surface area contributed by atoms with Crippen molar-refractivity contribution >= 4 is 17.4 Å². The van der Waals surface area contributed by atoms with Gasteiger partial charge in [-0.2, -0.15) is 0 Å². The second kappa shape index (κ2) is 11.1. The molecule has 2 aromatic heterocycles. The topological polar surface area (TPSA) is 163 Å². The molecule has 4 aromatic rings. The molecule has 0 saturated carbocycles. The lowest BCUT2D eigenvalue weighted by molar-refractivity contribution is 0.112. The van der Waals surface area contributed by atoms with Crippen LogP contribution in [0.15, 0.2) is 66.7 Å². The summed E-state index contributed by atoms with van der Waals surface area (Å²) in [5.41, 5.74) is 15.7. The Morgan fingerprint density at radius 1 is 0.737 bits per heavy atom. The van der Waals surface area contributed by atoms with Crippen LogP contribution in [0.3, 0.4) is 0 Å². The highest BCUT2D eigenvalue weighted by Crippen LogP contribution is 2.35. The van der Waals surface area contributed by atoms with Crippen molar-refractivity contribution in [1.82, 2.24) is 20.4 Å². The third kappa shape index (κ3) is 5.35. The molecular weight excluding hydrogens is 484 g/mol. The Hall–Kier alpha value is -4.70. The largest absolute Gasteiger partial charge is 0.507 e. The van der Waals surface area contributed by atoms with Gasteiger partial charge in [-0.1, -0.05) is 24.3 Å².